The molecule has 1 unspecified atom stereocenters. The van der Waals surface area contributed by atoms with Crippen molar-refractivity contribution in [1.82, 2.24) is 5.32 Å². The smallest absolute Gasteiger partial charge is 0.326 e. The Bertz CT molecular complexity index is 365. The standard InChI is InChI=1S/C9H11Cl3N2O4/c10-9(11,12)6(15)3-4-14-5(8(17)18)1-2-7(13)16/h3-5,14H,1-2H2,(H2,13,16)(H,17,18)/b4-3-. The van der Waals surface area contributed by atoms with Crippen molar-refractivity contribution in [2.24, 2.45) is 5.73 Å². The van der Waals surface area contributed by atoms with Gasteiger partial charge in [0.1, 0.15) is 6.04 Å². The zero-order valence-corrected chi connectivity index (χ0v) is 11.3. The quantitative estimate of drug-likeness (QED) is 0.474. The van der Waals surface area contributed by atoms with Gasteiger partial charge in [-0.3, -0.25) is 9.59 Å². The highest BCUT2D eigenvalue weighted by atomic mass is 35.6. The summed E-state index contributed by atoms with van der Waals surface area (Å²) in [5.41, 5.74) is 4.89. The van der Waals surface area contributed by atoms with Gasteiger partial charge in [-0.1, -0.05) is 34.8 Å². The summed E-state index contributed by atoms with van der Waals surface area (Å²) in [6.45, 7) is 0. The van der Waals surface area contributed by atoms with Gasteiger partial charge >= 0.3 is 5.97 Å². The number of nitrogens with one attached hydrogen (secondary N) is 1. The maximum Gasteiger partial charge on any atom is 0.326 e. The van der Waals surface area contributed by atoms with Crippen molar-refractivity contribution in [3.8, 4) is 0 Å². The molecule has 0 heterocycles. The Morgan fingerprint density at radius 2 is 1.89 bits per heavy atom. The van der Waals surface area contributed by atoms with Crippen LogP contribution >= 0.6 is 34.8 Å². The number of hydrogen-bond donors (Lipinski definition) is 3. The number of halogens is 3. The minimum absolute atomic E-state index is 0.0169. The lowest BCUT2D eigenvalue weighted by molar-refractivity contribution is -0.139. The number of hydrogen-bond acceptors (Lipinski definition) is 4. The van der Waals surface area contributed by atoms with Gasteiger partial charge in [0.05, 0.1) is 0 Å². The number of carbonyl (C=O) groups is 3. The van der Waals surface area contributed by atoms with Gasteiger partial charge in [-0.05, 0) is 6.42 Å². The zero-order chi connectivity index (χ0) is 14.3. The third-order valence-electron chi connectivity index (χ3n) is 1.79. The van der Waals surface area contributed by atoms with Gasteiger partial charge in [-0.2, -0.15) is 0 Å². The van der Waals surface area contributed by atoms with Crippen LogP contribution in [0.5, 0.6) is 0 Å². The first kappa shape index (κ1) is 17.0. The maximum atomic E-state index is 11.1. The normalized spacial score (nSPS) is 13.3. The van der Waals surface area contributed by atoms with Crippen LogP contribution in [0.3, 0.4) is 0 Å². The third kappa shape index (κ3) is 7.37. The van der Waals surface area contributed by atoms with Gasteiger partial charge in [-0.25, -0.2) is 4.79 Å². The average Bonchev–Trinajstić information content (AvgIpc) is 2.20. The Balaban J connectivity index is 4.36. The summed E-state index contributed by atoms with van der Waals surface area (Å²) >= 11 is 15.9. The van der Waals surface area contributed by atoms with E-state index in [0.717, 1.165) is 12.3 Å². The van der Waals surface area contributed by atoms with Gasteiger partial charge < -0.3 is 16.2 Å². The van der Waals surface area contributed by atoms with Crippen molar-refractivity contribution < 1.29 is 19.5 Å². The second-order valence-electron chi connectivity index (χ2n) is 3.26. The molecule has 0 saturated heterocycles. The Hall–Kier alpha value is -0.980. The molecule has 0 rings (SSSR count). The number of aliphatic carboxylic acids is 1. The molecule has 9 heteroatoms. The minimum Gasteiger partial charge on any atom is -0.480 e. The lowest BCUT2D eigenvalue weighted by Gasteiger charge is -2.11. The minimum atomic E-state index is -2.09. The van der Waals surface area contributed by atoms with Crippen LogP contribution in [-0.4, -0.2) is 32.6 Å². The molecule has 0 aromatic heterocycles. The van der Waals surface area contributed by atoms with Gasteiger partial charge in [0.15, 0.2) is 0 Å². The molecule has 0 saturated carbocycles. The van der Waals surface area contributed by atoms with Crippen LogP contribution in [0.25, 0.3) is 0 Å². The lowest BCUT2D eigenvalue weighted by Crippen LogP contribution is -2.34. The molecule has 0 aliphatic rings. The molecule has 0 aliphatic carbocycles. The summed E-state index contributed by atoms with van der Waals surface area (Å²) in [5, 5.41) is 11.2. The van der Waals surface area contributed by atoms with Gasteiger partial charge in [0.2, 0.25) is 11.7 Å². The summed E-state index contributed by atoms with van der Waals surface area (Å²) < 4.78 is -2.09. The second kappa shape index (κ2) is 7.45. The summed E-state index contributed by atoms with van der Waals surface area (Å²) in [6, 6.07) is -1.06. The highest BCUT2D eigenvalue weighted by Gasteiger charge is 2.28. The summed E-state index contributed by atoms with van der Waals surface area (Å²) in [6.07, 6.45) is 1.82. The summed E-state index contributed by atoms with van der Waals surface area (Å²) in [5.74, 6) is -2.63. The van der Waals surface area contributed by atoms with E-state index in [-0.39, 0.29) is 12.8 Å². The number of ketones is 1. The third-order valence-corrected chi connectivity index (χ3v) is 2.35. The fraction of sp³-hybridized carbons (Fsp3) is 0.444. The first-order valence-electron chi connectivity index (χ1n) is 4.69. The fourth-order valence-corrected chi connectivity index (χ4v) is 1.09. The number of alkyl halides is 3. The van der Waals surface area contributed by atoms with E-state index in [0.29, 0.717) is 0 Å². The molecule has 102 valence electrons. The molecule has 18 heavy (non-hydrogen) atoms. The number of carboxylic acids is 1. The zero-order valence-electron chi connectivity index (χ0n) is 9.03. The van der Waals surface area contributed by atoms with Crippen LogP contribution in [0.4, 0.5) is 0 Å². The van der Waals surface area contributed by atoms with Crippen molar-refractivity contribution in [3.63, 3.8) is 0 Å². The number of primary amides is 1. The van der Waals surface area contributed by atoms with E-state index in [1.165, 1.54) is 0 Å². The van der Waals surface area contributed by atoms with Crippen LogP contribution < -0.4 is 11.1 Å². The van der Waals surface area contributed by atoms with E-state index in [1.54, 1.807) is 0 Å². The Labute approximate surface area is 118 Å². The summed E-state index contributed by atoms with van der Waals surface area (Å²) in [4.78, 5) is 32.4. The molecule has 0 bridgehead atoms. The highest BCUT2D eigenvalue weighted by Crippen LogP contribution is 2.27. The predicted molar refractivity (Wildman–Crippen MR) is 67.4 cm³/mol. The van der Waals surface area contributed by atoms with Crippen LogP contribution in [0.15, 0.2) is 12.3 Å². The molecule has 0 fully saturated rings. The molecule has 6 nitrogen and oxygen atoms in total. The molecule has 0 spiro atoms. The molecule has 0 radical (unpaired) electrons. The second-order valence-corrected chi connectivity index (χ2v) is 5.54. The molecule has 0 aromatic carbocycles. The van der Waals surface area contributed by atoms with Crippen molar-refractivity contribution in [2.45, 2.75) is 22.7 Å². The van der Waals surface area contributed by atoms with E-state index in [1.807, 2.05) is 0 Å². The van der Waals surface area contributed by atoms with Crippen molar-refractivity contribution in [1.29, 1.82) is 0 Å². The van der Waals surface area contributed by atoms with Gasteiger partial charge in [0, 0.05) is 18.7 Å². The first-order valence-corrected chi connectivity index (χ1v) is 5.83. The van der Waals surface area contributed by atoms with Crippen molar-refractivity contribution in [3.05, 3.63) is 12.3 Å². The Morgan fingerprint density at radius 1 is 1.33 bits per heavy atom. The van der Waals surface area contributed by atoms with Gasteiger partial charge in [0.25, 0.3) is 3.79 Å². The maximum absolute atomic E-state index is 11.1. The number of rotatable bonds is 7. The number of amides is 1. The van der Waals surface area contributed by atoms with Crippen molar-refractivity contribution in [2.75, 3.05) is 0 Å². The van der Waals surface area contributed by atoms with Crippen LogP contribution in [0.1, 0.15) is 12.8 Å². The molecular formula is C9H11Cl3N2O4. The van der Waals surface area contributed by atoms with Crippen molar-refractivity contribution >= 4 is 52.5 Å². The molecular weight excluding hydrogens is 306 g/mol. The topological polar surface area (TPSA) is 109 Å². The van der Waals surface area contributed by atoms with E-state index in [4.69, 9.17) is 45.6 Å². The SMILES string of the molecule is NC(=O)CCC(N/C=C\C(=O)C(Cl)(Cl)Cl)C(=O)O. The lowest BCUT2D eigenvalue weighted by atomic mass is 10.1. The monoisotopic (exact) mass is 316 g/mol. The Morgan fingerprint density at radius 3 is 2.28 bits per heavy atom. The van der Waals surface area contributed by atoms with Gasteiger partial charge in [-0.15, -0.1) is 0 Å². The van der Waals surface area contributed by atoms with E-state index >= 15 is 0 Å². The first-order chi connectivity index (χ1) is 8.14. The predicted octanol–water partition coefficient (Wildman–Crippen LogP) is 0.748. The molecule has 1 amide bonds. The average molecular weight is 318 g/mol. The van der Waals surface area contributed by atoms with E-state index in [2.05, 4.69) is 5.32 Å². The molecule has 1 atom stereocenters. The van der Waals surface area contributed by atoms with Crippen LogP contribution in [0, 0.1) is 0 Å². The van der Waals surface area contributed by atoms with Crippen LogP contribution in [-0.2, 0) is 14.4 Å². The number of nitrogens with two attached hydrogens (primary N) is 1. The molecule has 0 aromatic rings. The number of carboxylic acid groups (broad SMARTS) is 1. The highest BCUT2D eigenvalue weighted by molar-refractivity contribution is 6.77. The molecule has 0 aliphatic heterocycles. The summed E-state index contributed by atoms with van der Waals surface area (Å²) in [7, 11) is 0. The largest absolute Gasteiger partial charge is 0.480 e. The van der Waals surface area contributed by atoms with E-state index < -0.39 is 27.5 Å². The molecule has 4 N–H and O–H groups in total. The Kier molecular flexibility index (Phi) is 7.05. The number of carbonyl (C=O) groups excluding carboxylic acids is 2. The fourth-order valence-electron chi connectivity index (χ4n) is 0.899. The van der Waals surface area contributed by atoms with E-state index in [9.17, 15) is 14.4 Å². The van der Waals surface area contributed by atoms with Crippen LogP contribution in [0.2, 0.25) is 0 Å². The number of allylic oxidation sites excluding steroid dienone is 1.